The zero-order chi connectivity index (χ0) is 41.5. The molecule has 0 saturated carbocycles. The number of benzene rings is 10. The molecule has 0 spiro atoms. The minimum absolute atomic E-state index is 0.551. The molecular formula is C61H40N2. The lowest BCUT2D eigenvalue weighted by Gasteiger charge is -2.35. The molecule has 10 aromatic carbocycles. The Bertz CT molecular complexity index is 3680. The fraction of sp³-hybridized carbons (Fsp3) is 0.0164. The van der Waals surface area contributed by atoms with Gasteiger partial charge in [0.15, 0.2) is 0 Å². The molecule has 1 aliphatic carbocycles. The first kappa shape index (κ1) is 35.5. The zero-order valence-corrected chi connectivity index (χ0v) is 34.5. The summed E-state index contributed by atoms with van der Waals surface area (Å²) in [5.74, 6) is 0. The fourth-order valence-corrected chi connectivity index (χ4v) is 10.9. The van der Waals surface area contributed by atoms with Gasteiger partial charge in [-0.2, -0.15) is 0 Å². The van der Waals surface area contributed by atoms with Gasteiger partial charge in [-0.1, -0.05) is 188 Å². The number of nitrogens with zero attached hydrogens (tertiary/aromatic N) is 2. The Kier molecular flexibility index (Phi) is 7.85. The smallest absolute Gasteiger partial charge is 0.0733 e. The second kappa shape index (κ2) is 13.9. The molecule has 2 heteroatoms. The van der Waals surface area contributed by atoms with Crippen LogP contribution in [0.3, 0.4) is 0 Å². The molecule has 0 amide bonds. The van der Waals surface area contributed by atoms with Crippen molar-refractivity contribution in [1.82, 2.24) is 9.13 Å². The number of fused-ring (bicyclic) bond motifs is 9. The quantitative estimate of drug-likeness (QED) is 0.159. The highest BCUT2D eigenvalue weighted by Crippen LogP contribution is 2.57. The van der Waals surface area contributed by atoms with E-state index < -0.39 is 5.41 Å². The van der Waals surface area contributed by atoms with E-state index in [1.807, 2.05) is 0 Å². The molecular weight excluding hydrogens is 761 g/mol. The summed E-state index contributed by atoms with van der Waals surface area (Å²) in [5.41, 5.74) is 19.0. The summed E-state index contributed by atoms with van der Waals surface area (Å²) >= 11 is 0. The Morgan fingerprint density at radius 1 is 0.270 bits per heavy atom. The number of aromatic nitrogens is 2. The molecule has 63 heavy (non-hydrogen) atoms. The molecule has 2 heterocycles. The van der Waals surface area contributed by atoms with Crippen molar-refractivity contribution in [3.63, 3.8) is 0 Å². The van der Waals surface area contributed by atoms with Crippen LogP contribution >= 0.6 is 0 Å². The average molecular weight is 801 g/mol. The minimum atomic E-state index is -0.551. The predicted molar refractivity (Wildman–Crippen MR) is 263 cm³/mol. The third kappa shape index (κ3) is 5.19. The van der Waals surface area contributed by atoms with Crippen molar-refractivity contribution in [2.45, 2.75) is 5.41 Å². The van der Waals surface area contributed by atoms with Crippen LogP contribution in [0, 0.1) is 0 Å². The largest absolute Gasteiger partial charge is 0.309 e. The summed E-state index contributed by atoms with van der Waals surface area (Å²) in [7, 11) is 0. The van der Waals surface area contributed by atoms with Crippen LogP contribution in [0.15, 0.2) is 243 Å². The van der Waals surface area contributed by atoms with Crippen LogP contribution in [-0.4, -0.2) is 9.13 Å². The maximum absolute atomic E-state index is 2.53. The van der Waals surface area contributed by atoms with Gasteiger partial charge in [0.2, 0.25) is 0 Å². The predicted octanol–water partition coefficient (Wildman–Crippen LogP) is 15.6. The molecule has 0 atom stereocenters. The van der Waals surface area contributed by atoms with Crippen molar-refractivity contribution in [1.29, 1.82) is 0 Å². The molecule has 0 saturated heterocycles. The van der Waals surface area contributed by atoms with Crippen molar-refractivity contribution in [3.05, 3.63) is 265 Å². The van der Waals surface area contributed by atoms with Crippen LogP contribution < -0.4 is 0 Å². The van der Waals surface area contributed by atoms with Gasteiger partial charge in [-0.25, -0.2) is 0 Å². The molecule has 2 aromatic heterocycles. The Balaban J connectivity index is 1.09. The van der Waals surface area contributed by atoms with E-state index in [4.69, 9.17) is 0 Å². The number of hydrogen-bond acceptors (Lipinski definition) is 0. The van der Waals surface area contributed by atoms with Crippen molar-refractivity contribution in [2.24, 2.45) is 0 Å². The summed E-state index contributed by atoms with van der Waals surface area (Å²) in [6.07, 6.45) is 0. The van der Waals surface area contributed by atoms with Gasteiger partial charge in [-0.15, -0.1) is 0 Å². The lowest BCUT2D eigenvalue weighted by molar-refractivity contribution is 0.761. The SMILES string of the molecule is c1ccc(-c2ccc3c(c2)c2cc(-c4ccc5c6ccccc6n(-c6ccccc6)c5c4)ccc2n3-c2ccccc2C2(c3ccccc3)c3ccccc3-c3ccccc32)cc1. The van der Waals surface area contributed by atoms with Gasteiger partial charge in [-0.3, -0.25) is 0 Å². The molecule has 0 aliphatic heterocycles. The average Bonchev–Trinajstić information content (AvgIpc) is 3.98. The first-order chi connectivity index (χ1) is 31.3. The van der Waals surface area contributed by atoms with Crippen LogP contribution in [0.4, 0.5) is 0 Å². The molecule has 0 radical (unpaired) electrons. The van der Waals surface area contributed by atoms with Gasteiger partial charge < -0.3 is 9.13 Å². The highest BCUT2D eigenvalue weighted by molar-refractivity contribution is 6.13. The molecule has 12 aromatic rings. The third-order valence-electron chi connectivity index (χ3n) is 13.6. The van der Waals surface area contributed by atoms with E-state index in [9.17, 15) is 0 Å². The molecule has 0 bridgehead atoms. The molecule has 294 valence electrons. The minimum Gasteiger partial charge on any atom is -0.309 e. The van der Waals surface area contributed by atoms with Gasteiger partial charge in [0.1, 0.15) is 0 Å². The van der Waals surface area contributed by atoms with Crippen LogP contribution in [0.2, 0.25) is 0 Å². The van der Waals surface area contributed by atoms with Crippen LogP contribution in [0.5, 0.6) is 0 Å². The molecule has 0 fully saturated rings. The molecule has 2 nitrogen and oxygen atoms in total. The normalized spacial score (nSPS) is 12.9. The highest BCUT2D eigenvalue weighted by atomic mass is 15.0. The zero-order valence-electron chi connectivity index (χ0n) is 34.5. The van der Waals surface area contributed by atoms with Crippen LogP contribution in [0.25, 0.3) is 88.4 Å². The Hall–Kier alpha value is -8.20. The third-order valence-corrected chi connectivity index (χ3v) is 13.6. The van der Waals surface area contributed by atoms with E-state index in [1.165, 1.54) is 105 Å². The Labute approximate surface area is 366 Å². The lowest BCUT2D eigenvalue weighted by Crippen LogP contribution is -2.30. The standard InChI is InChI=1S/C61H40N2/c1-4-18-41(19-5-1)42-33-36-57-51(38-42)52-39-43(44-32-35-50-49-26-12-16-30-56(49)62(60(50)40-44)46-22-8-3-9-23-46)34-37-58(52)63(57)59-31-17-15-29-55(59)61(45-20-6-2-7-21-45)53-27-13-10-24-47(53)48-25-11-14-28-54(48)61/h1-40H. The number of rotatable bonds is 6. The Morgan fingerprint density at radius 2 is 0.746 bits per heavy atom. The van der Waals surface area contributed by atoms with E-state index in [0.29, 0.717) is 0 Å². The van der Waals surface area contributed by atoms with E-state index in [2.05, 4.69) is 252 Å². The summed E-state index contributed by atoms with van der Waals surface area (Å²) in [5, 5.41) is 4.96. The molecule has 0 unspecified atom stereocenters. The van der Waals surface area contributed by atoms with Gasteiger partial charge >= 0.3 is 0 Å². The molecule has 13 rings (SSSR count). The van der Waals surface area contributed by atoms with Gasteiger partial charge in [0.05, 0.1) is 33.2 Å². The second-order valence-electron chi connectivity index (χ2n) is 16.8. The fourth-order valence-electron chi connectivity index (χ4n) is 10.9. The summed E-state index contributed by atoms with van der Waals surface area (Å²) in [6, 6.07) is 89.7. The van der Waals surface area contributed by atoms with Gasteiger partial charge in [0, 0.05) is 27.2 Å². The monoisotopic (exact) mass is 800 g/mol. The molecule has 0 N–H and O–H groups in total. The maximum atomic E-state index is 2.53. The van der Waals surface area contributed by atoms with Crippen LogP contribution in [0.1, 0.15) is 22.3 Å². The topological polar surface area (TPSA) is 9.86 Å². The summed E-state index contributed by atoms with van der Waals surface area (Å²) in [6.45, 7) is 0. The van der Waals surface area contributed by atoms with E-state index in [-0.39, 0.29) is 0 Å². The second-order valence-corrected chi connectivity index (χ2v) is 16.8. The van der Waals surface area contributed by atoms with Gasteiger partial charge in [-0.05, 0) is 110 Å². The maximum Gasteiger partial charge on any atom is 0.0733 e. The van der Waals surface area contributed by atoms with Crippen molar-refractivity contribution < 1.29 is 0 Å². The lowest BCUT2D eigenvalue weighted by atomic mass is 9.67. The van der Waals surface area contributed by atoms with E-state index in [1.54, 1.807) is 0 Å². The highest BCUT2D eigenvalue weighted by Gasteiger charge is 2.47. The van der Waals surface area contributed by atoms with Gasteiger partial charge in [0.25, 0.3) is 0 Å². The molecule has 1 aliphatic rings. The first-order valence-electron chi connectivity index (χ1n) is 21.8. The van der Waals surface area contributed by atoms with Crippen molar-refractivity contribution in [3.8, 4) is 44.8 Å². The van der Waals surface area contributed by atoms with Crippen molar-refractivity contribution >= 4 is 43.6 Å². The summed E-state index contributed by atoms with van der Waals surface area (Å²) < 4.78 is 4.94. The summed E-state index contributed by atoms with van der Waals surface area (Å²) in [4.78, 5) is 0. The van der Waals surface area contributed by atoms with Crippen molar-refractivity contribution in [2.75, 3.05) is 0 Å². The first-order valence-corrected chi connectivity index (χ1v) is 21.8. The van der Waals surface area contributed by atoms with Crippen LogP contribution in [-0.2, 0) is 5.41 Å². The van der Waals surface area contributed by atoms with E-state index >= 15 is 0 Å². The van der Waals surface area contributed by atoms with E-state index in [0.717, 1.165) is 5.69 Å². The Morgan fingerprint density at radius 3 is 1.43 bits per heavy atom. The number of hydrogen-bond donors (Lipinski definition) is 0. The number of para-hydroxylation sites is 3.